The number of carbonyl (C=O) groups excluding carboxylic acids is 2. The molecule has 30 heavy (non-hydrogen) atoms. The zero-order valence-electron chi connectivity index (χ0n) is 17.2. The van der Waals surface area contributed by atoms with Crippen LogP contribution >= 0.6 is 12.2 Å². The molecule has 3 rings (SSSR count). The summed E-state index contributed by atoms with van der Waals surface area (Å²) in [6.07, 6.45) is 0.426. The van der Waals surface area contributed by atoms with Gasteiger partial charge in [-0.2, -0.15) is 5.10 Å². The zero-order valence-corrected chi connectivity index (χ0v) is 18.0. The van der Waals surface area contributed by atoms with Crippen molar-refractivity contribution in [3.8, 4) is 11.4 Å². The maximum absolute atomic E-state index is 12.7. The average Bonchev–Trinajstić information content (AvgIpc) is 3.09. The Morgan fingerprint density at radius 1 is 1.10 bits per heavy atom. The lowest BCUT2D eigenvalue weighted by atomic mass is 10.1. The molecule has 0 radical (unpaired) electrons. The van der Waals surface area contributed by atoms with Crippen LogP contribution in [0.2, 0.25) is 0 Å². The van der Waals surface area contributed by atoms with E-state index in [0.29, 0.717) is 17.0 Å². The van der Waals surface area contributed by atoms with E-state index < -0.39 is 0 Å². The lowest BCUT2D eigenvalue weighted by molar-refractivity contribution is -0.122. The Hall–Kier alpha value is -3.26. The molecule has 1 aromatic heterocycles. The monoisotopic (exact) mass is 423 g/mol. The molecule has 1 unspecified atom stereocenters. The molecule has 7 nitrogen and oxygen atoms in total. The Morgan fingerprint density at radius 2 is 1.77 bits per heavy atom. The van der Waals surface area contributed by atoms with Crippen molar-refractivity contribution in [3.63, 3.8) is 0 Å². The summed E-state index contributed by atoms with van der Waals surface area (Å²) in [6, 6.07) is 15.1. The molecule has 0 bridgehead atoms. The predicted octanol–water partition coefficient (Wildman–Crippen LogP) is 4.14. The van der Waals surface area contributed by atoms with Crippen LogP contribution in [0.1, 0.15) is 37.4 Å². The largest absolute Gasteiger partial charge is 0.348 e. The van der Waals surface area contributed by atoms with Gasteiger partial charge < -0.3 is 10.6 Å². The van der Waals surface area contributed by atoms with Crippen molar-refractivity contribution in [2.75, 3.05) is 5.32 Å². The van der Waals surface area contributed by atoms with Crippen LogP contribution in [0.15, 0.2) is 48.5 Å². The van der Waals surface area contributed by atoms with Gasteiger partial charge in [-0.1, -0.05) is 48.9 Å². The van der Waals surface area contributed by atoms with Crippen LogP contribution < -0.4 is 10.6 Å². The van der Waals surface area contributed by atoms with Gasteiger partial charge in [0, 0.05) is 17.7 Å². The second kappa shape index (κ2) is 9.49. The molecule has 0 spiro atoms. The lowest BCUT2D eigenvalue weighted by Gasteiger charge is -2.16. The van der Waals surface area contributed by atoms with Crippen molar-refractivity contribution in [2.45, 2.75) is 39.8 Å². The molecule has 3 N–H and O–H groups in total. The van der Waals surface area contributed by atoms with Crippen LogP contribution in [0, 0.1) is 11.7 Å². The highest BCUT2D eigenvalue weighted by atomic mass is 32.1. The second-order valence-electron chi connectivity index (χ2n) is 7.12. The lowest BCUT2D eigenvalue weighted by Crippen LogP contribution is -2.30. The first-order valence-corrected chi connectivity index (χ1v) is 10.2. The Morgan fingerprint density at radius 3 is 2.40 bits per heavy atom. The van der Waals surface area contributed by atoms with Crippen LogP contribution in [0.5, 0.6) is 0 Å². The highest BCUT2D eigenvalue weighted by Gasteiger charge is 2.15. The van der Waals surface area contributed by atoms with Gasteiger partial charge in [-0.25, -0.2) is 0 Å². The minimum atomic E-state index is -0.197. The number of aromatic amines is 1. The fourth-order valence-corrected chi connectivity index (χ4v) is 3.20. The second-order valence-corrected chi connectivity index (χ2v) is 7.50. The molecule has 2 amide bonds. The first kappa shape index (κ1) is 21.4. The van der Waals surface area contributed by atoms with Crippen molar-refractivity contribution >= 4 is 29.7 Å². The molecule has 156 valence electrons. The summed E-state index contributed by atoms with van der Waals surface area (Å²) in [6.45, 7) is 5.79. The molecule has 0 aliphatic rings. The van der Waals surface area contributed by atoms with Crippen LogP contribution in [-0.2, 0) is 16.1 Å². The third-order valence-corrected chi connectivity index (χ3v) is 5.07. The molecule has 0 fully saturated rings. The van der Waals surface area contributed by atoms with Gasteiger partial charge >= 0.3 is 0 Å². The van der Waals surface area contributed by atoms with Crippen molar-refractivity contribution in [1.82, 2.24) is 20.1 Å². The fourth-order valence-electron chi connectivity index (χ4n) is 3.01. The zero-order chi connectivity index (χ0) is 21.7. The number of benzene rings is 2. The summed E-state index contributed by atoms with van der Waals surface area (Å²) in [5.74, 6) is 0.417. The van der Waals surface area contributed by atoms with Crippen LogP contribution in [-0.4, -0.2) is 26.6 Å². The quantitative estimate of drug-likeness (QED) is 0.498. The summed E-state index contributed by atoms with van der Waals surface area (Å²) < 4.78 is 2.08. The number of aryl methyl sites for hydroxylation is 1. The smallest absolute Gasteiger partial charge is 0.240 e. The van der Waals surface area contributed by atoms with Gasteiger partial charge in [0.2, 0.25) is 11.8 Å². The van der Waals surface area contributed by atoms with Gasteiger partial charge in [-0.05, 0) is 43.8 Å². The van der Waals surface area contributed by atoms with Gasteiger partial charge in [0.15, 0.2) is 10.6 Å². The highest BCUT2D eigenvalue weighted by molar-refractivity contribution is 7.71. The molecular weight excluding hydrogens is 398 g/mol. The van der Waals surface area contributed by atoms with Gasteiger partial charge in [0.05, 0.1) is 6.04 Å². The highest BCUT2D eigenvalue weighted by Crippen LogP contribution is 2.19. The Kier molecular flexibility index (Phi) is 6.79. The minimum Gasteiger partial charge on any atom is -0.348 e. The van der Waals surface area contributed by atoms with Crippen LogP contribution in [0.25, 0.3) is 11.4 Å². The fraction of sp³-hybridized carbons (Fsp3) is 0.273. The van der Waals surface area contributed by atoms with Crippen LogP contribution in [0.4, 0.5) is 5.69 Å². The molecular formula is C22H25N5O2S. The summed E-state index contributed by atoms with van der Waals surface area (Å²) in [5.41, 5.74) is 3.70. The summed E-state index contributed by atoms with van der Waals surface area (Å²) >= 11 is 5.31. The number of aromatic nitrogens is 3. The number of nitrogens with one attached hydrogen (secondary N) is 3. The van der Waals surface area contributed by atoms with Crippen LogP contribution in [0.3, 0.4) is 0 Å². The number of H-pyrrole nitrogens is 1. The van der Waals surface area contributed by atoms with E-state index in [1.165, 1.54) is 0 Å². The predicted molar refractivity (Wildman–Crippen MR) is 120 cm³/mol. The third-order valence-electron chi connectivity index (χ3n) is 4.76. The van der Waals surface area contributed by atoms with E-state index in [-0.39, 0.29) is 24.4 Å². The minimum absolute atomic E-state index is 0.0367. The summed E-state index contributed by atoms with van der Waals surface area (Å²) in [5, 5.41) is 12.8. The number of rotatable bonds is 7. The number of anilines is 1. The maximum Gasteiger partial charge on any atom is 0.240 e. The average molecular weight is 424 g/mol. The number of hydrogen-bond donors (Lipinski definition) is 3. The molecule has 0 saturated heterocycles. The van der Waals surface area contributed by atoms with Crippen molar-refractivity contribution < 1.29 is 9.59 Å². The van der Waals surface area contributed by atoms with E-state index in [1.54, 1.807) is 11.5 Å². The van der Waals surface area contributed by atoms with E-state index in [9.17, 15) is 9.59 Å². The normalized spacial score (nSPS) is 11.7. The van der Waals surface area contributed by atoms with Gasteiger partial charge in [0.1, 0.15) is 6.54 Å². The molecule has 3 aromatic rings. The standard InChI is InChI=1S/C22H25N5O2S/c1-4-19(28)24-18-11-9-16(10-12-18)15(3)23-20(29)13-27-21(25-26-22(27)30)17-7-5-14(2)6-8-17/h5-12,15H,4,13H2,1-3H3,(H,23,29)(H,24,28)(H,26,30). The molecule has 1 heterocycles. The van der Waals surface area contributed by atoms with Crippen molar-refractivity contribution in [1.29, 1.82) is 0 Å². The molecule has 0 aliphatic carbocycles. The number of nitrogens with zero attached hydrogens (tertiary/aromatic N) is 2. The number of amides is 2. The van der Waals surface area contributed by atoms with Crippen molar-refractivity contribution in [2.24, 2.45) is 0 Å². The summed E-state index contributed by atoms with van der Waals surface area (Å²) in [7, 11) is 0. The van der Waals surface area contributed by atoms with E-state index in [2.05, 4.69) is 20.8 Å². The molecule has 1 atom stereocenters. The first-order valence-electron chi connectivity index (χ1n) is 9.78. The van der Waals surface area contributed by atoms with Gasteiger partial charge in [-0.3, -0.25) is 19.3 Å². The van der Waals surface area contributed by atoms with Crippen molar-refractivity contribution in [3.05, 3.63) is 64.4 Å². The number of hydrogen-bond acceptors (Lipinski definition) is 4. The van der Waals surface area contributed by atoms with Gasteiger partial charge in [0.25, 0.3) is 0 Å². The number of carbonyl (C=O) groups is 2. The molecule has 0 aliphatic heterocycles. The molecule has 8 heteroatoms. The maximum atomic E-state index is 12.7. The van der Waals surface area contributed by atoms with Gasteiger partial charge in [-0.15, -0.1) is 0 Å². The third kappa shape index (κ3) is 5.21. The Balaban J connectivity index is 1.67. The Bertz CT molecular complexity index is 1080. The summed E-state index contributed by atoms with van der Waals surface area (Å²) in [4.78, 5) is 24.1. The van der Waals surface area contributed by atoms with E-state index in [1.807, 2.05) is 62.4 Å². The Labute approximate surface area is 180 Å². The van der Waals surface area contributed by atoms with E-state index in [0.717, 1.165) is 22.4 Å². The molecule has 2 aromatic carbocycles. The first-order chi connectivity index (χ1) is 14.4. The topological polar surface area (TPSA) is 91.8 Å². The SMILES string of the molecule is CCC(=O)Nc1ccc(C(C)NC(=O)Cn2c(-c3ccc(C)cc3)n[nH]c2=S)cc1. The van der Waals surface area contributed by atoms with E-state index in [4.69, 9.17) is 12.2 Å². The molecule has 0 saturated carbocycles. The van der Waals surface area contributed by atoms with E-state index >= 15 is 0 Å².